The summed E-state index contributed by atoms with van der Waals surface area (Å²) in [5, 5.41) is 21.2. The van der Waals surface area contributed by atoms with E-state index in [2.05, 4.69) is 0 Å². The molecule has 6 nitrogen and oxygen atoms in total. The number of hydrogen-bond donors (Lipinski definition) is 2. The van der Waals surface area contributed by atoms with E-state index < -0.39 is 34.9 Å². The Bertz CT molecular complexity index is 487. The molecule has 0 heterocycles. The average Bonchev–Trinajstić information content (AvgIpc) is 2.24. The molecule has 0 spiro atoms. The Morgan fingerprint density at radius 2 is 2.06 bits per heavy atom. The van der Waals surface area contributed by atoms with Crippen LogP contribution in [0.4, 0.5) is 24.5 Å². The zero-order valence-electron chi connectivity index (χ0n) is 8.69. The molecule has 0 bridgehead atoms. The summed E-state index contributed by atoms with van der Waals surface area (Å²) in [6.45, 7) is -1.36. The van der Waals surface area contributed by atoms with Crippen LogP contribution in [0, 0.1) is 10.1 Å². The van der Waals surface area contributed by atoms with Crippen molar-refractivity contribution in [1.29, 1.82) is 0 Å². The minimum atomic E-state index is -4.47. The first-order valence-electron chi connectivity index (χ1n) is 4.53. The highest BCUT2D eigenvalue weighted by molar-refractivity contribution is 5.93. The van der Waals surface area contributed by atoms with E-state index in [-0.39, 0.29) is 5.69 Å². The predicted molar refractivity (Wildman–Crippen MR) is 54.6 cm³/mol. The molecule has 0 atom stereocenters. The van der Waals surface area contributed by atoms with Crippen LogP contribution in [-0.4, -0.2) is 28.7 Å². The molecule has 0 aliphatic heterocycles. The smallest absolute Gasteiger partial charge is 0.405 e. The van der Waals surface area contributed by atoms with Crippen molar-refractivity contribution >= 4 is 17.3 Å². The summed E-state index contributed by atoms with van der Waals surface area (Å²) in [4.78, 5) is 20.3. The molecule has 0 aromatic heterocycles. The minimum absolute atomic E-state index is 0.177. The second-order valence-electron chi connectivity index (χ2n) is 3.26. The van der Waals surface area contributed by atoms with Crippen LogP contribution in [0.15, 0.2) is 18.2 Å². The monoisotopic (exact) mass is 264 g/mol. The van der Waals surface area contributed by atoms with Gasteiger partial charge in [0.2, 0.25) is 0 Å². The molecule has 1 rings (SSSR count). The van der Waals surface area contributed by atoms with Gasteiger partial charge in [-0.25, -0.2) is 4.79 Å². The van der Waals surface area contributed by atoms with Gasteiger partial charge in [-0.15, -0.1) is 0 Å². The number of carboxylic acids is 1. The fraction of sp³-hybridized carbons (Fsp3) is 0.222. The van der Waals surface area contributed by atoms with Gasteiger partial charge in [-0.3, -0.25) is 10.1 Å². The number of hydrogen-bond acceptors (Lipinski definition) is 4. The molecule has 0 radical (unpaired) electrons. The van der Waals surface area contributed by atoms with Crippen LogP contribution < -0.4 is 5.32 Å². The normalized spacial score (nSPS) is 11.1. The average molecular weight is 264 g/mol. The van der Waals surface area contributed by atoms with Crippen LogP contribution in [0.3, 0.4) is 0 Å². The van der Waals surface area contributed by atoms with Gasteiger partial charge in [0.1, 0.15) is 12.1 Å². The van der Waals surface area contributed by atoms with E-state index >= 15 is 0 Å². The van der Waals surface area contributed by atoms with Crippen molar-refractivity contribution in [3.05, 3.63) is 33.9 Å². The van der Waals surface area contributed by atoms with E-state index in [0.717, 1.165) is 18.2 Å². The topological polar surface area (TPSA) is 92.5 Å². The van der Waals surface area contributed by atoms with Gasteiger partial charge in [-0.2, -0.15) is 13.2 Å². The maximum absolute atomic E-state index is 11.9. The van der Waals surface area contributed by atoms with E-state index in [9.17, 15) is 28.1 Å². The molecular formula is C9H7F3N2O4. The van der Waals surface area contributed by atoms with E-state index in [0.29, 0.717) is 0 Å². The number of carbonyl (C=O) groups is 1. The van der Waals surface area contributed by atoms with Gasteiger partial charge in [0, 0.05) is 11.8 Å². The summed E-state index contributed by atoms with van der Waals surface area (Å²) >= 11 is 0. The number of rotatable bonds is 4. The highest BCUT2D eigenvalue weighted by Gasteiger charge is 2.27. The van der Waals surface area contributed by atoms with Gasteiger partial charge in [0.05, 0.1) is 4.92 Å². The molecule has 98 valence electrons. The second-order valence-corrected chi connectivity index (χ2v) is 3.26. The maximum atomic E-state index is 11.9. The molecular weight excluding hydrogens is 257 g/mol. The van der Waals surface area contributed by atoms with Crippen molar-refractivity contribution in [1.82, 2.24) is 0 Å². The van der Waals surface area contributed by atoms with Crippen LogP contribution in [-0.2, 0) is 0 Å². The van der Waals surface area contributed by atoms with Gasteiger partial charge in [0.25, 0.3) is 5.69 Å². The Balaban J connectivity index is 3.01. The lowest BCUT2D eigenvalue weighted by atomic mass is 10.1. The Labute approximate surface area is 98.2 Å². The molecule has 1 aromatic rings. The third kappa shape index (κ3) is 3.61. The zero-order chi connectivity index (χ0) is 13.9. The summed E-state index contributed by atoms with van der Waals surface area (Å²) in [6.07, 6.45) is -4.47. The van der Waals surface area contributed by atoms with Gasteiger partial charge in [-0.05, 0) is 12.1 Å². The van der Waals surface area contributed by atoms with Crippen molar-refractivity contribution < 1.29 is 28.0 Å². The molecule has 0 aliphatic carbocycles. The largest absolute Gasteiger partial charge is 0.477 e. The third-order valence-corrected chi connectivity index (χ3v) is 1.92. The minimum Gasteiger partial charge on any atom is -0.477 e. The summed E-state index contributed by atoms with van der Waals surface area (Å²) < 4.78 is 35.8. The van der Waals surface area contributed by atoms with E-state index in [1.165, 1.54) is 0 Å². The van der Waals surface area contributed by atoms with Crippen molar-refractivity contribution in [3.63, 3.8) is 0 Å². The first kappa shape index (κ1) is 13.7. The molecule has 0 aliphatic rings. The number of anilines is 1. The van der Waals surface area contributed by atoms with E-state index in [1.54, 1.807) is 0 Å². The van der Waals surface area contributed by atoms with Gasteiger partial charge < -0.3 is 10.4 Å². The van der Waals surface area contributed by atoms with Crippen LogP contribution in [0.1, 0.15) is 10.4 Å². The fourth-order valence-corrected chi connectivity index (χ4v) is 1.18. The number of nitrogens with one attached hydrogen (secondary N) is 1. The Morgan fingerprint density at radius 1 is 1.44 bits per heavy atom. The Morgan fingerprint density at radius 3 is 2.50 bits per heavy atom. The third-order valence-electron chi connectivity index (χ3n) is 1.92. The van der Waals surface area contributed by atoms with Crippen LogP contribution in [0.2, 0.25) is 0 Å². The lowest BCUT2D eigenvalue weighted by Gasteiger charge is -2.09. The highest BCUT2D eigenvalue weighted by Crippen LogP contribution is 2.24. The molecule has 0 saturated carbocycles. The molecule has 0 unspecified atom stereocenters. The molecule has 0 saturated heterocycles. The number of alkyl halides is 3. The number of benzene rings is 1. The summed E-state index contributed by atoms with van der Waals surface area (Å²) in [5.74, 6) is -1.52. The van der Waals surface area contributed by atoms with Crippen molar-refractivity contribution in [2.24, 2.45) is 0 Å². The van der Waals surface area contributed by atoms with Gasteiger partial charge in [-0.1, -0.05) is 0 Å². The van der Waals surface area contributed by atoms with Crippen LogP contribution >= 0.6 is 0 Å². The van der Waals surface area contributed by atoms with Crippen molar-refractivity contribution in [3.8, 4) is 0 Å². The first-order chi connectivity index (χ1) is 8.20. The Hall–Kier alpha value is -2.32. The molecule has 1 aromatic carbocycles. The SMILES string of the molecule is O=C(O)c1ccc(NCC(F)(F)F)cc1[N+](=O)[O-]. The second kappa shape index (κ2) is 4.90. The first-order valence-corrected chi connectivity index (χ1v) is 4.53. The van der Waals surface area contributed by atoms with E-state index in [4.69, 9.17) is 5.11 Å². The molecule has 2 N–H and O–H groups in total. The standard InChI is InChI=1S/C9H7F3N2O4/c10-9(11,12)4-13-5-1-2-6(8(15)16)7(3-5)14(17)18/h1-3,13H,4H2,(H,15,16). The van der Waals surface area contributed by atoms with Gasteiger partial charge >= 0.3 is 12.1 Å². The molecule has 0 amide bonds. The summed E-state index contributed by atoms with van der Waals surface area (Å²) in [6, 6.07) is 2.65. The number of nitro groups is 1. The summed E-state index contributed by atoms with van der Waals surface area (Å²) in [7, 11) is 0. The molecule has 9 heteroatoms. The van der Waals surface area contributed by atoms with Gasteiger partial charge in [0.15, 0.2) is 0 Å². The van der Waals surface area contributed by atoms with Crippen molar-refractivity contribution in [2.75, 3.05) is 11.9 Å². The number of aromatic carboxylic acids is 1. The zero-order valence-corrected chi connectivity index (χ0v) is 8.69. The predicted octanol–water partition coefficient (Wildman–Crippen LogP) is 2.27. The quantitative estimate of drug-likeness (QED) is 0.642. The van der Waals surface area contributed by atoms with Crippen LogP contribution in [0.5, 0.6) is 0 Å². The fourth-order valence-electron chi connectivity index (χ4n) is 1.18. The lowest BCUT2D eigenvalue weighted by Crippen LogP contribution is -2.21. The number of carboxylic acid groups (broad SMARTS) is 1. The number of nitrogens with zero attached hydrogens (tertiary/aromatic N) is 1. The molecule has 18 heavy (non-hydrogen) atoms. The Kier molecular flexibility index (Phi) is 3.74. The number of halogens is 3. The lowest BCUT2D eigenvalue weighted by molar-refractivity contribution is -0.385. The van der Waals surface area contributed by atoms with Crippen molar-refractivity contribution in [2.45, 2.75) is 6.18 Å². The number of nitro benzene ring substituents is 1. The van der Waals surface area contributed by atoms with Crippen LogP contribution in [0.25, 0.3) is 0 Å². The highest BCUT2D eigenvalue weighted by atomic mass is 19.4. The van der Waals surface area contributed by atoms with E-state index in [1.807, 2.05) is 5.32 Å². The molecule has 0 fully saturated rings. The maximum Gasteiger partial charge on any atom is 0.405 e. The summed E-state index contributed by atoms with van der Waals surface area (Å²) in [5.41, 5.74) is -1.53.